The summed E-state index contributed by atoms with van der Waals surface area (Å²) < 4.78 is 53.6. The zero-order valence-corrected chi connectivity index (χ0v) is 8.81. The largest absolute Gasteiger partial charge is 0.392 e. The molecule has 0 saturated heterocycles. The van der Waals surface area contributed by atoms with Crippen molar-refractivity contribution >= 4 is 0 Å². The van der Waals surface area contributed by atoms with E-state index in [0.29, 0.717) is 19.3 Å². The van der Waals surface area contributed by atoms with Crippen LogP contribution in [-0.4, -0.2) is 11.2 Å². The monoisotopic (exact) mass is 246 g/mol. The zero-order valence-electron chi connectivity index (χ0n) is 8.81. The number of benzene rings is 1. The molecule has 0 aromatic heterocycles. The summed E-state index contributed by atoms with van der Waals surface area (Å²) in [5, 5.41) is 9.88. The van der Waals surface area contributed by atoms with Gasteiger partial charge in [-0.15, -0.1) is 0 Å². The van der Waals surface area contributed by atoms with Gasteiger partial charge in [0.05, 0.1) is 6.10 Å². The first kappa shape index (κ1) is 11.0. The molecule has 2 aliphatic carbocycles. The second-order valence-corrected chi connectivity index (χ2v) is 4.72. The summed E-state index contributed by atoms with van der Waals surface area (Å²) in [7, 11) is 0. The lowest BCUT2D eigenvalue weighted by molar-refractivity contribution is 0.0985. The lowest BCUT2D eigenvalue weighted by atomic mass is 9.84. The van der Waals surface area contributed by atoms with Crippen LogP contribution in [0.1, 0.15) is 42.2 Å². The summed E-state index contributed by atoms with van der Waals surface area (Å²) in [6.45, 7) is 0. The highest BCUT2D eigenvalue weighted by Gasteiger charge is 2.47. The Morgan fingerprint density at radius 2 is 1.18 bits per heavy atom. The predicted octanol–water partition coefficient (Wildman–Crippen LogP) is 2.97. The highest BCUT2D eigenvalue weighted by atomic mass is 19.2. The van der Waals surface area contributed by atoms with Crippen LogP contribution < -0.4 is 0 Å². The Labute approximate surface area is 95.1 Å². The topological polar surface area (TPSA) is 20.2 Å². The average molecular weight is 246 g/mol. The molecule has 5 heteroatoms. The van der Waals surface area contributed by atoms with Gasteiger partial charge in [-0.1, -0.05) is 6.42 Å². The fourth-order valence-corrected chi connectivity index (χ4v) is 3.20. The standard InChI is InChI=1S/C12H10F4O/c13-8-6-4-2-1-3-5(12(4)17)7(6)9(14)11(16)10(8)15/h4-5,12,17H,1-3H2. The van der Waals surface area contributed by atoms with Crippen LogP contribution in [0, 0.1) is 23.3 Å². The quantitative estimate of drug-likeness (QED) is 0.424. The molecule has 1 aromatic carbocycles. The van der Waals surface area contributed by atoms with Crippen molar-refractivity contribution in [3.63, 3.8) is 0 Å². The molecule has 92 valence electrons. The maximum atomic E-state index is 13.7. The Balaban J connectivity index is 2.33. The van der Waals surface area contributed by atoms with Crippen molar-refractivity contribution < 1.29 is 22.7 Å². The number of fused-ring (bicyclic) bond motifs is 5. The van der Waals surface area contributed by atoms with E-state index in [4.69, 9.17) is 0 Å². The van der Waals surface area contributed by atoms with Gasteiger partial charge < -0.3 is 5.11 Å². The molecule has 0 amide bonds. The summed E-state index contributed by atoms with van der Waals surface area (Å²) in [6, 6.07) is 0. The van der Waals surface area contributed by atoms with Gasteiger partial charge in [0, 0.05) is 23.0 Å². The van der Waals surface area contributed by atoms with Crippen LogP contribution in [0.4, 0.5) is 17.6 Å². The second-order valence-electron chi connectivity index (χ2n) is 4.72. The lowest BCUT2D eigenvalue weighted by Crippen LogP contribution is -2.23. The molecular weight excluding hydrogens is 236 g/mol. The van der Waals surface area contributed by atoms with Crippen LogP contribution in [0.15, 0.2) is 0 Å². The summed E-state index contributed by atoms with van der Waals surface area (Å²) in [4.78, 5) is 0. The number of hydrogen-bond donors (Lipinski definition) is 1. The Morgan fingerprint density at radius 1 is 0.765 bits per heavy atom. The molecule has 2 bridgehead atoms. The molecule has 2 unspecified atom stereocenters. The van der Waals surface area contributed by atoms with Gasteiger partial charge in [-0.2, -0.15) is 0 Å². The van der Waals surface area contributed by atoms with Crippen molar-refractivity contribution in [3.8, 4) is 0 Å². The van der Waals surface area contributed by atoms with Crippen molar-refractivity contribution in [2.24, 2.45) is 0 Å². The molecule has 0 heterocycles. The van der Waals surface area contributed by atoms with E-state index in [0.717, 1.165) is 0 Å². The molecule has 2 aliphatic rings. The summed E-state index contributed by atoms with van der Waals surface area (Å²) in [5.41, 5.74) is -0.312. The van der Waals surface area contributed by atoms with Gasteiger partial charge in [-0.3, -0.25) is 0 Å². The first-order valence-corrected chi connectivity index (χ1v) is 5.57. The third-order valence-corrected chi connectivity index (χ3v) is 3.94. The number of aliphatic hydroxyl groups excluding tert-OH is 1. The van der Waals surface area contributed by atoms with Crippen molar-refractivity contribution in [2.45, 2.75) is 37.2 Å². The zero-order chi connectivity index (χ0) is 12.3. The van der Waals surface area contributed by atoms with Gasteiger partial charge in [-0.05, 0) is 12.8 Å². The first-order valence-electron chi connectivity index (χ1n) is 5.57. The lowest BCUT2D eigenvalue weighted by Gasteiger charge is -2.25. The SMILES string of the molecule is OC1C2CCCC1c1c(F)c(F)c(F)c(F)c12. The normalized spacial score (nSPS) is 30.5. The van der Waals surface area contributed by atoms with E-state index in [1.807, 2.05) is 0 Å². The number of halogens is 4. The van der Waals surface area contributed by atoms with Crippen LogP contribution in [0.2, 0.25) is 0 Å². The van der Waals surface area contributed by atoms with Gasteiger partial charge in [0.15, 0.2) is 23.3 Å². The molecule has 1 nitrogen and oxygen atoms in total. The minimum atomic E-state index is -1.78. The van der Waals surface area contributed by atoms with Crippen LogP contribution in [0.5, 0.6) is 0 Å². The van der Waals surface area contributed by atoms with Crippen LogP contribution in [0.3, 0.4) is 0 Å². The first-order chi connectivity index (χ1) is 8.04. The third-order valence-electron chi connectivity index (χ3n) is 3.94. The minimum absolute atomic E-state index is 0.156. The van der Waals surface area contributed by atoms with Gasteiger partial charge in [0.25, 0.3) is 0 Å². The second kappa shape index (κ2) is 3.45. The fourth-order valence-electron chi connectivity index (χ4n) is 3.20. The molecule has 2 atom stereocenters. The van der Waals surface area contributed by atoms with Crippen molar-refractivity contribution in [1.82, 2.24) is 0 Å². The van der Waals surface area contributed by atoms with Gasteiger partial charge >= 0.3 is 0 Å². The highest BCUT2D eigenvalue weighted by molar-refractivity contribution is 5.45. The van der Waals surface area contributed by atoms with E-state index < -0.39 is 41.2 Å². The van der Waals surface area contributed by atoms with Gasteiger partial charge in [0.1, 0.15) is 0 Å². The predicted molar refractivity (Wildman–Crippen MR) is 51.6 cm³/mol. The Kier molecular flexibility index (Phi) is 2.23. The third kappa shape index (κ3) is 1.23. The van der Waals surface area contributed by atoms with E-state index in [1.54, 1.807) is 0 Å². The number of rotatable bonds is 0. The van der Waals surface area contributed by atoms with Crippen LogP contribution in [-0.2, 0) is 0 Å². The van der Waals surface area contributed by atoms with E-state index >= 15 is 0 Å². The van der Waals surface area contributed by atoms with E-state index in [1.165, 1.54) is 0 Å². The molecule has 1 N–H and O–H groups in total. The summed E-state index contributed by atoms with van der Waals surface area (Å²) in [6.07, 6.45) is 0.727. The smallest absolute Gasteiger partial charge is 0.197 e. The van der Waals surface area contributed by atoms with Crippen molar-refractivity contribution in [1.29, 1.82) is 0 Å². The maximum absolute atomic E-state index is 13.7. The van der Waals surface area contributed by atoms with E-state index in [2.05, 4.69) is 0 Å². The summed E-state index contributed by atoms with van der Waals surface area (Å²) in [5.74, 6) is -7.44. The molecule has 3 rings (SSSR count). The van der Waals surface area contributed by atoms with Crippen molar-refractivity contribution in [2.75, 3.05) is 0 Å². The Bertz CT molecular complexity index is 457. The van der Waals surface area contributed by atoms with Crippen LogP contribution in [0.25, 0.3) is 0 Å². The minimum Gasteiger partial charge on any atom is -0.392 e. The van der Waals surface area contributed by atoms with Crippen LogP contribution >= 0.6 is 0 Å². The molecular formula is C12H10F4O. The Hall–Kier alpha value is -1.10. The number of hydrogen-bond acceptors (Lipinski definition) is 1. The fraction of sp³-hybridized carbons (Fsp3) is 0.500. The highest BCUT2D eigenvalue weighted by Crippen LogP contribution is 2.53. The van der Waals surface area contributed by atoms with Crippen molar-refractivity contribution in [3.05, 3.63) is 34.4 Å². The maximum Gasteiger partial charge on any atom is 0.197 e. The Morgan fingerprint density at radius 3 is 1.59 bits per heavy atom. The average Bonchev–Trinajstić information content (AvgIpc) is 2.51. The number of aliphatic hydroxyl groups is 1. The van der Waals surface area contributed by atoms with E-state index in [9.17, 15) is 22.7 Å². The van der Waals surface area contributed by atoms with E-state index in [-0.39, 0.29) is 11.1 Å². The molecule has 0 radical (unpaired) electrons. The molecule has 1 fully saturated rings. The summed E-state index contributed by atoms with van der Waals surface area (Å²) >= 11 is 0. The molecule has 1 saturated carbocycles. The molecule has 0 aliphatic heterocycles. The van der Waals surface area contributed by atoms with Gasteiger partial charge in [0.2, 0.25) is 0 Å². The molecule has 0 spiro atoms. The molecule has 1 aromatic rings. The van der Waals surface area contributed by atoms with Gasteiger partial charge in [-0.25, -0.2) is 17.6 Å². The molecule has 17 heavy (non-hydrogen) atoms.